The standard InChI is InChI=1S/C14H17NO4/c1-9-10(2)19-14(16)15(9)8-11-5-12(17-3)7-13(6-11)18-4/h5-7H,8H2,1-4H3. The molecular weight excluding hydrogens is 246 g/mol. The maximum absolute atomic E-state index is 11.7. The van der Waals surface area contributed by atoms with Gasteiger partial charge in [-0.25, -0.2) is 4.79 Å². The summed E-state index contributed by atoms with van der Waals surface area (Å²) in [5.74, 6) is 1.68. The van der Waals surface area contributed by atoms with Crippen molar-refractivity contribution in [1.82, 2.24) is 4.57 Å². The summed E-state index contributed by atoms with van der Waals surface area (Å²) in [4.78, 5) is 11.7. The minimum absolute atomic E-state index is 0.350. The highest BCUT2D eigenvalue weighted by Crippen LogP contribution is 2.23. The molecular formula is C14H17NO4. The summed E-state index contributed by atoms with van der Waals surface area (Å²) in [6, 6.07) is 5.53. The van der Waals surface area contributed by atoms with Crippen LogP contribution >= 0.6 is 0 Å². The Morgan fingerprint density at radius 1 is 1.11 bits per heavy atom. The number of rotatable bonds is 4. The third kappa shape index (κ3) is 2.65. The van der Waals surface area contributed by atoms with Crippen molar-refractivity contribution in [3.8, 4) is 11.5 Å². The fourth-order valence-corrected chi connectivity index (χ4v) is 1.91. The minimum atomic E-state index is -0.350. The number of hydrogen-bond acceptors (Lipinski definition) is 4. The molecule has 5 heteroatoms. The summed E-state index contributed by atoms with van der Waals surface area (Å²) >= 11 is 0. The molecule has 0 aliphatic heterocycles. The summed E-state index contributed by atoms with van der Waals surface area (Å²) in [5, 5.41) is 0. The number of aryl methyl sites for hydroxylation is 1. The molecule has 1 aromatic heterocycles. The summed E-state index contributed by atoms with van der Waals surface area (Å²) in [6.07, 6.45) is 0. The van der Waals surface area contributed by atoms with Gasteiger partial charge in [-0.2, -0.15) is 0 Å². The van der Waals surface area contributed by atoms with Gasteiger partial charge in [0.1, 0.15) is 17.3 Å². The lowest BCUT2D eigenvalue weighted by Gasteiger charge is -2.09. The molecule has 2 aromatic rings. The van der Waals surface area contributed by atoms with Crippen molar-refractivity contribution < 1.29 is 13.9 Å². The van der Waals surface area contributed by atoms with Crippen LogP contribution in [0.1, 0.15) is 17.0 Å². The van der Waals surface area contributed by atoms with Gasteiger partial charge in [-0.1, -0.05) is 0 Å². The van der Waals surface area contributed by atoms with Crippen molar-refractivity contribution in [3.05, 3.63) is 45.8 Å². The van der Waals surface area contributed by atoms with Gasteiger partial charge < -0.3 is 13.9 Å². The smallest absolute Gasteiger partial charge is 0.419 e. The fourth-order valence-electron chi connectivity index (χ4n) is 1.91. The Morgan fingerprint density at radius 3 is 2.11 bits per heavy atom. The van der Waals surface area contributed by atoms with Gasteiger partial charge in [-0.3, -0.25) is 4.57 Å². The van der Waals surface area contributed by atoms with Crippen LogP contribution in [0, 0.1) is 13.8 Å². The van der Waals surface area contributed by atoms with E-state index in [-0.39, 0.29) is 5.76 Å². The fraction of sp³-hybridized carbons (Fsp3) is 0.357. The van der Waals surface area contributed by atoms with Crippen LogP contribution in [-0.4, -0.2) is 18.8 Å². The Labute approximate surface area is 111 Å². The van der Waals surface area contributed by atoms with Crippen molar-refractivity contribution >= 4 is 0 Å². The van der Waals surface area contributed by atoms with Crippen molar-refractivity contribution in [1.29, 1.82) is 0 Å². The number of hydrogen-bond donors (Lipinski definition) is 0. The van der Waals surface area contributed by atoms with Gasteiger partial charge in [0.2, 0.25) is 0 Å². The molecule has 0 atom stereocenters. The third-order valence-corrected chi connectivity index (χ3v) is 3.13. The molecule has 1 aromatic carbocycles. The van der Waals surface area contributed by atoms with Crippen LogP contribution in [0.25, 0.3) is 0 Å². The number of methoxy groups -OCH3 is 2. The van der Waals surface area contributed by atoms with E-state index in [0.29, 0.717) is 23.8 Å². The lowest BCUT2D eigenvalue weighted by atomic mass is 10.2. The SMILES string of the molecule is COc1cc(Cn2c(C)c(C)oc2=O)cc(OC)c1. The maximum Gasteiger partial charge on any atom is 0.419 e. The van der Waals surface area contributed by atoms with Crippen LogP contribution < -0.4 is 15.2 Å². The summed E-state index contributed by atoms with van der Waals surface area (Å²) < 4.78 is 17.1. The highest BCUT2D eigenvalue weighted by atomic mass is 16.5. The predicted molar refractivity (Wildman–Crippen MR) is 71.1 cm³/mol. The summed E-state index contributed by atoms with van der Waals surface area (Å²) in [7, 11) is 3.19. The molecule has 0 bridgehead atoms. The largest absolute Gasteiger partial charge is 0.497 e. The number of oxazole rings is 1. The zero-order chi connectivity index (χ0) is 14.0. The Hall–Kier alpha value is -2.17. The highest BCUT2D eigenvalue weighted by molar-refractivity contribution is 5.38. The lowest BCUT2D eigenvalue weighted by Crippen LogP contribution is -2.16. The number of aromatic nitrogens is 1. The Balaban J connectivity index is 2.40. The second-order valence-electron chi connectivity index (χ2n) is 4.32. The average molecular weight is 263 g/mol. The first-order valence-electron chi connectivity index (χ1n) is 5.94. The van der Waals surface area contributed by atoms with Crippen LogP contribution in [0.4, 0.5) is 0 Å². The molecule has 5 nitrogen and oxygen atoms in total. The molecule has 0 unspecified atom stereocenters. The summed E-state index contributed by atoms with van der Waals surface area (Å²) in [5.41, 5.74) is 1.74. The molecule has 0 saturated heterocycles. The third-order valence-electron chi connectivity index (χ3n) is 3.13. The number of benzene rings is 1. The molecule has 102 valence electrons. The van der Waals surface area contributed by atoms with E-state index in [9.17, 15) is 4.79 Å². The van der Waals surface area contributed by atoms with Gasteiger partial charge in [0.15, 0.2) is 0 Å². The van der Waals surface area contributed by atoms with Crippen LogP contribution in [0.2, 0.25) is 0 Å². The van der Waals surface area contributed by atoms with Crippen LogP contribution in [0.3, 0.4) is 0 Å². The van der Waals surface area contributed by atoms with E-state index in [1.54, 1.807) is 31.8 Å². The van der Waals surface area contributed by atoms with E-state index in [1.165, 1.54) is 0 Å². The molecule has 19 heavy (non-hydrogen) atoms. The maximum atomic E-state index is 11.7. The van der Waals surface area contributed by atoms with E-state index < -0.39 is 0 Å². The lowest BCUT2D eigenvalue weighted by molar-refractivity contribution is 0.393. The first-order valence-corrected chi connectivity index (χ1v) is 5.94. The molecule has 0 aliphatic rings. The molecule has 0 spiro atoms. The predicted octanol–water partition coefficient (Wildman–Crippen LogP) is 2.12. The van der Waals surface area contributed by atoms with Crippen molar-refractivity contribution in [2.75, 3.05) is 14.2 Å². The average Bonchev–Trinajstić information content (AvgIpc) is 2.65. The van der Waals surface area contributed by atoms with E-state index in [2.05, 4.69) is 0 Å². The normalized spacial score (nSPS) is 10.5. The zero-order valence-electron chi connectivity index (χ0n) is 11.5. The second kappa shape index (κ2) is 5.22. The molecule has 0 saturated carbocycles. The topological polar surface area (TPSA) is 53.6 Å². The monoisotopic (exact) mass is 263 g/mol. The van der Waals surface area contributed by atoms with Gasteiger partial charge in [0.05, 0.1) is 26.5 Å². The van der Waals surface area contributed by atoms with Gasteiger partial charge in [0, 0.05) is 6.07 Å². The number of nitrogens with zero attached hydrogens (tertiary/aromatic N) is 1. The molecule has 0 aliphatic carbocycles. The molecule has 0 radical (unpaired) electrons. The van der Waals surface area contributed by atoms with Gasteiger partial charge in [0.25, 0.3) is 0 Å². The quantitative estimate of drug-likeness (QED) is 0.848. The van der Waals surface area contributed by atoms with Gasteiger partial charge in [-0.15, -0.1) is 0 Å². The van der Waals surface area contributed by atoms with E-state index >= 15 is 0 Å². The Morgan fingerprint density at radius 2 is 1.68 bits per heavy atom. The first-order chi connectivity index (χ1) is 9.05. The van der Waals surface area contributed by atoms with Crippen LogP contribution in [0.15, 0.2) is 27.4 Å². The van der Waals surface area contributed by atoms with E-state index in [4.69, 9.17) is 13.9 Å². The van der Waals surface area contributed by atoms with Gasteiger partial charge in [-0.05, 0) is 31.5 Å². The van der Waals surface area contributed by atoms with Crippen LogP contribution in [-0.2, 0) is 6.54 Å². The number of ether oxygens (including phenoxy) is 2. The Bertz CT molecular complexity index is 617. The molecule has 2 rings (SSSR count). The van der Waals surface area contributed by atoms with Crippen molar-refractivity contribution in [2.24, 2.45) is 0 Å². The van der Waals surface area contributed by atoms with Gasteiger partial charge >= 0.3 is 5.76 Å². The summed E-state index contributed by atoms with van der Waals surface area (Å²) in [6.45, 7) is 4.06. The highest BCUT2D eigenvalue weighted by Gasteiger charge is 2.11. The molecule has 1 heterocycles. The molecule has 0 fully saturated rings. The van der Waals surface area contributed by atoms with Crippen molar-refractivity contribution in [2.45, 2.75) is 20.4 Å². The first kappa shape index (κ1) is 13.3. The molecule has 0 N–H and O–H groups in total. The van der Waals surface area contributed by atoms with E-state index in [0.717, 1.165) is 11.3 Å². The Kier molecular flexibility index (Phi) is 3.64. The molecule has 0 amide bonds. The second-order valence-corrected chi connectivity index (χ2v) is 4.32. The van der Waals surface area contributed by atoms with Crippen LogP contribution in [0.5, 0.6) is 11.5 Å². The minimum Gasteiger partial charge on any atom is -0.497 e. The van der Waals surface area contributed by atoms with Crippen molar-refractivity contribution in [3.63, 3.8) is 0 Å². The van der Waals surface area contributed by atoms with E-state index in [1.807, 2.05) is 19.1 Å². The zero-order valence-corrected chi connectivity index (χ0v) is 11.5.